The minimum Gasteiger partial charge on any atom is -0.493 e. The zero-order chi connectivity index (χ0) is 21.8. The second-order valence-corrected chi connectivity index (χ2v) is 6.53. The number of halogens is 1. The first-order valence-corrected chi connectivity index (χ1v) is 10.1. The summed E-state index contributed by atoms with van der Waals surface area (Å²) in [6.45, 7) is 6.18. The Morgan fingerprint density at radius 1 is 1.13 bits per heavy atom. The van der Waals surface area contributed by atoms with E-state index in [-0.39, 0.29) is 41.1 Å². The number of methoxy groups -OCH3 is 1. The van der Waals surface area contributed by atoms with Gasteiger partial charge in [-0.2, -0.15) is 0 Å². The topological polar surface area (TPSA) is 98.0 Å². The van der Waals surface area contributed by atoms with Crippen LogP contribution in [0.3, 0.4) is 0 Å². The van der Waals surface area contributed by atoms with Crippen molar-refractivity contribution < 1.29 is 14.4 Å². The largest absolute Gasteiger partial charge is 0.493 e. The number of rotatable bonds is 11. The Kier molecular flexibility index (Phi) is 12.3. The molecule has 2 aromatic rings. The van der Waals surface area contributed by atoms with Crippen LogP contribution in [0.15, 0.2) is 47.5 Å². The van der Waals surface area contributed by atoms with Crippen LogP contribution in [0.5, 0.6) is 11.5 Å². The standard InChI is InChI=1S/C22H30N4O4.HI/c1-4-23-22(25-16-18-10-6-7-11-19(18)26(27)28)24-14-8-9-17-12-13-20(29-3)21(15-17)30-5-2;/h6-7,10-13,15H,4-5,8-9,14,16H2,1-3H3,(H2,23,24,25);1H. The monoisotopic (exact) mass is 542 g/mol. The zero-order valence-electron chi connectivity index (χ0n) is 18.2. The van der Waals surface area contributed by atoms with Gasteiger partial charge in [0.05, 0.1) is 30.7 Å². The number of nitro groups is 1. The number of aryl methyl sites for hydroxylation is 1. The maximum Gasteiger partial charge on any atom is 0.274 e. The summed E-state index contributed by atoms with van der Waals surface area (Å²) in [5.41, 5.74) is 1.84. The van der Waals surface area contributed by atoms with E-state index in [4.69, 9.17) is 9.47 Å². The van der Waals surface area contributed by atoms with E-state index in [1.54, 1.807) is 25.3 Å². The predicted octanol–water partition coefficient (Wildman–Crippen LogP) is 4.31. The molecule has 170 valence electrons. The molecule has 31 heavy (non-hydrogen) atoms. The minimum absolute atomic E-state index is 0. The lowest BCUT2D eigenvalue weighted by Gasteiger charge is -2.13. The first kappa shape index (κ1) is 26.5. The first-order chi connectivity index (χ1) is 14.6. The molecule has 0 bridgehead atoms. The average molecular weight is 542 g/mol. The molecule has 8 nitrogen and oxygen atoms in total. The number of nitro benzene ring substituents is 1. The van der Waals surface area contributed by atoms with Crippen molar-refractivity contribution in [1.82, 2.24) is 10.6 Å². The van der Waals surface area contributed by atoms with E-state index in [0.717, 1.165) is 30.9 Å². The number of nitrogens with zero attached hydrogens (tertiary/aromatic N) is 2. The van der Waals surface area contributed by atoms with E-state index < -0.39 is 0 Å². The molecule has 0 atom stereocenters. The molecule has 0 aliphatic heterocycles. The van der Waals surface area contributed by atoms with E-state index in [9.17, 15) is 10.1 Å². The van der Waals surface area contributed by atoms with Gasteiger partial charge < -0.3 is 20.1 Å². The van der Waals surface area contributed by atoms with Crippen LogP contribution in [-0.4, -0.2) is 37.7 Å². The van der Waals surface area contributed by atoms with Gasteiger partial charge in [0.1, 0.15) is 0 Å². The number of hydrogen-bond donors (Lipinski definition) is 2. The van der Waals surface area contributed by atoms with Gasteiger partial charge in [0.2, 0.25) is 0 Å². The molecule has 0 spiro atoms. The third-order valence-electron chi connectivity index (χ3n) is 4.40. The van der Waals surface area contributed by atoms with Gasteiger partial charge in [0.25, 0.3) is 5.69 Å². The van der Waals surface area contributed by atoms with Gasteiger partial charge >= 0.3 is 0 Å². The van der Waals surface area contributed by atoms with Crippen molar-refractivity contribution in [3.63, 3.8) is 0 Å². The fourth-order valence-electron chi connectivity index (χ4n) is 2.97. The molecular weight excluding hydrogens is 511 g/mol. The molecule has 0 amide bonds. The van der Waals surface area contributed by atoms with Gasteiger partial charge in [0.15, 0.2) is 17.5 Å². The number of hydrogen-bond acceptors (Lipinski definition) is 5. The van der Waals surface area contributed by atoms with Crippen LogP contribution < -0.4 is 20.1 Å². The summed E-state index contributed by atoms with van der Waals surface area (Å²) >= 11 is 0. The van der Waals surface area contributed by atoms with Crippen LogP contribution in [0.25, 0.3) is 0 Å². The highest BCUT2D eigenvalue weighted by atomic mass is 127. The average Bonchev–Trinajstić information content (AvgIpc) is 2.75. The van der Waals surface area contributed by atoms with Crippen LogP contribution >= 0.6 is 24.0 Å². The number of ether oxygens (including phenoxy) is 2. The van der Waals surface area contributed by atoms with Gasteiger partial charge in [0, 0.05) is 19.2 Å². The fourth-order valence-corrected chi connectivity index (χ4v) is 2.97. The Hall–Kier alpha value is -2.56. The van der Waals surface area contributed by atoms with Crippen LogP contribution in [-0.2, 0) is 13.0 Å². The van der Waals surface area contributed by atoms with Gasteiger partial charge in [-0.1, -0.05) is 24.3 Å². The van der Waals surface area contributed by atoms with Crippen molar-refractivity contribution in [3.8, 4) is 11.5 Å². The molecule has 0 saturated carbocycles. The SMILES string of the molecule is CCNC(=NCc1ccccc1[N+](=O)[O-])NCCCc1ccc(OC)c(OCC)c1.I. The van der Waals surface area contributed by atoms with E-state index in [2.05, 4.69) is 15.6 Å². The summed E-state index contributed by atoms with van der Waals surface area (Å²) in [6.07, 6.45) is 1.77. The highest BCUT2D eigenvalue weighted by molar-refractivity contribution is 14.0. The molecule has 0 aliphatic carbocycles. The summed E-state index contributed by atoms with van der Waals surface area (Å²) in [4.78, 5) is 15.3. The molecule has 9 heteroatoms. The molecule has 2 rings (SSSR count). The highest BCUT2D eigenvalue weighted by Gasteiger charge is 2.11. The van der Waals surface area contributed by atoms with E-state index in [1.165, 1.54) is 11.6 Å². The maximum atomic E-state index is 11.2. The summed E-state index contributed by atoms with van der Waals surface area (Å²) in [7, 11) is 1.63. The number of para-hydroxylation sites is 1. The molecule has 0 fully saturated rings. The lowest BCUT2D eigenvalue weighted by atomic mass is 10.1. The lowest BCUT2D eigenvalue weighted by molar-refractivity contribution is -0.385. The minimum atomic E-state index is -0.378. The van der Waals surface area contributed by atoms with Crippen LogP contribution in [0.2, 0.25) is 0 Å². The summed E-state index contributed by atoms with van der Waals surface area (Å²) in [5, 5.41) is 17.6. The molecule has 0 unspecified atom stereocenters. The van der Waals surface area contributed by atoms with Crippen molar-refractivity contribution in [1.29, 1.82) is 0 Å². The van der Waals surface area contributed by atoms with Crippen molar-refractivity contribution in [3.05, 3.63) is 63.7 Å². The summed E-state index contributed by atoms with van der Waals surface area (Å²) < 4.78 is 10.9. The van der Waals surface area contributed by atoms with Crippen molar-refractivity contribution in [2.45, 2.75) is 33.2 Å². The van der Waals surface area contributed by atoms with Crippen molar-refractivity contribution >= 4 is 35.6 Å². The quantitative estimate of drug-likeness (QED) is 0.110. The summed E-state index contributed by atoms with van der Waals surface area (Å²) in [6, 6.07) is 12.6. The van der Waals surface area contributed by atoms with Gasteiger partial charge in [-0.25, -0.2) is 4.99 Å². The Bertz CT molecular complexity index is 861. The van der Waals surface area contributed by atoms with Gasteiger partial charge in [-0.15, -0.1) is 24.0 Å². The number of nitrogens with one attached hydrogen (secondary N) is 2. The van der Waals surface area contributed by atoms with Crippen LogP contribution in [0.1, 0.15) is 31.4 Å². The fraction of sp³-hybridized carbons (Fsp3) is 0.409. The smallest absolute Gasteiger partial charge is 0.274 e. The molecular formula is C22H31IN4O4. The molecule has 2 N–H and O–H groups in total. The highest BCUT2D eigenvalue weighted by Crippen LogP contribution is 2.28. The van der Waals surface area contributed by atoms with Gasteiger partial charge in [-0.3, -0.25) is 10.1 Å². The van der Waals surface area contributed by atoms with E-state index in [1.807, 2.05) is 32.0 Å². The van der Waals surface area contributed by atoms with E-state index in [0.29, 0.717) is 24.7 Å². The second-order valence-electron chi connectivity index (χ2n) is 6.53. The third kappa shape index (κ3) is 8.60. The third-order valence-corrected chi connectivity index (χ3v) is 4.40. The Balaban J connectivity index is 0.00000480. The van der Waals surface area contributed by atoms with Gasteiger partial charge in [-0.05, 0) is 44.4 Å². The second kappa shape index (κ2) is 14.4. The van der Waals surface area contributed by atoms with Crippen LogP contribution in [0.4, 0.5) is 5.69 Å². The summed E-state index contributed by atoms with van der Waals surface area (Å²) in [5.74, 6) is 2.13. The molecule has 0 saturated heterocycles. The Morgan fingerprint density at radius 3 is 2.58 bits per heavy atom. The Morgan fingerprint density at radius 2 is 1.90 bits per heavy atom. The lowest BCUT2D eigenvalue weighted by Crippen LogP contribution is -2.37. The predicted molar refractivity (Wildman–Crippen MR) is 134 cm³/mol. The van der Waals surface area contributed by atoms with E-state index >= 15 is 0 Å². The van der Waals surface area contributed by atoms with Crippen LogP contribution in [0, 0.1) is 10.1 Å². The first-order valence-electron chi connectivity index (χ1n) is 10.1. The molecule has 0 radical (unpaired) electrons. The van der Waals surface area contributed by atoms with Crippen molar-refractivity contribution in [2.24, 2.45) is 4.99 Å². The normalized spacial score (nSPS) is 10.7. The Labute approximate surface area is 200 Å². The molecule has 2 aromatic carbocycles. The molecule has 0 aliphatic rings. The maximum absolute atomic E-state index is 11.2. The molecule has 0 aromatic heterocycles. The number of guanidine groups is 1. The zero-order valence-corrected chi connectivity index (χ0v) is 20.6. The number of aliphatic imine (C=N–C) groups is 1. The number of benzene rings is 2. The molecule has 0 heterocycles. The van der Waals surface area contributed by atoms with Crippen molar-refractivity contribution in [2.75, 3.05) is 26.8 Å².